The van der Waals surface area contributed by atoms with Crippen LogP contribution >= 0.6 is 35.0 Å². The van der Waals surface area contributed by atoms with E-state index >= 15 is 0 Å². The van der Waals surface area contributed by atoms with Gasteiger partial charge in [-0.15, -0.1) is 10.2 Å². The number of hydrogen-bond acceptors (Lipinski definition) is 6. The third-order valence-electron chi connectivity index (χ3n) is 5.32. The van der Waals surface area contributed by atoms with E-state index < -0.39 is 5.25 Å². The molecule has 7 nitrogen and oxygen atoms in total. The molecular weight excluding hydrogens is 507 g/mol. The summed E-state index contributed by atoms with van der Waals surface area (Å²) in [4.78, 5) is 11.2. The highest BCUT2D eigenvalue weighted by Crippen LogP contribution is 2.39. The molecule has 4 aromatic rings. The van der Waals surface area contributed by atoms with E-state index in [0.29, 0.717) is 32.3 Å². The summed E-state index contributed by atoms with van der Waals surface area (Å²) in [6.45, 7) is 3.81. The molecule has 0 spiro atoms. The molecule has 0 N–H and O–H groups in total. The van der Waals surface area contributed by atoms with Gasteiger partial charge in [0.05, 0.1) is 5.02 Å². The second-order valence-electron chi connectivity index (χ2n) is 7.89. The van der Waals surface area contributed by atoms with Crippen LogP contribution in [0.15, 0.2) is 71.9 Å². The van der Waals surface area contributed by atoms with Crippen molar-refractivity contribution in [3.8, 4) is 11.4 Å². The monoisotopic (exact) mass is 528 g/mol. The molecule has 0 aliphatic heterocycles. The van der Waals surface area contributed by atoms with E-state index in [4.69, 9.17) is 27.9 Å². The number of hydrogen-bond donors (Lipinski definition) is 0. The first kappa shape index (κ1) is 25.0. The summed E-state index contributed by atoms with van der Waals surface area (Å²) in [5.41, 5.74) is 3.55. The van der Waals surface area contributed by atoms with Gasteiger partial charge in [0.25, 0.3) is 0 Å². The number of aryl methyl sites for hydroxylation is 2. The highest BCUT2D eigenvalue weighted by Gasteiger charge is 2.24. The van der Waals surface area contributed by atoms with Gasteiger partial charge in [-0.05, 0) is 49.7 Å². The molecule has 180 valence electrons. The molecule has 0 aliphatic carbocycles. The summed E-state index contributed by atoms with van der Waals surface area (Å²) in [6, 6.07) is 20.5. The van der Waals surface area contributed by atoms with Crippen LogP contribution in [-0.4, -0.2) is 26.2 Å². The van der Waals surface area contributed by atoms with E-state index in [1.165, 1.54) is 11.8 Å². The standard InChI is InChI=1S/C25H22Cl2N4O3S/c1-16-7-10-20(11-8-16)31-17(2)28-29-25(31)35-24(14-30(32)33)18-9-12-23(22(27)13-18)34-15-19-5-3-4-6-21(19)26/h3-13,24H,14-15H2,1-2H3/t24-/m0/s1. The van der Waals surface area contributed by atoms with E-state index in [2.05, 4.69) is 10.2 Å². The second-order valence-corrected chi connectivity index (χ2v) is 9.88. The third kappa shape index (κ3) is 6.14. The number of benzene rings is 3. The Morgan fingerprint density at radius 3 is 2.46 bits per heavy atom. The van der Waals surface area contributed by atoms with Crippen molar-refractivity contribution in [2.75, 3.05) is 6.54 Å². The van der Waals surface area contributed by atoms with Crippen LogP contribution in [0, 0.1) is 24.0 Å². The molecule has 35 heavy (non-hydrogen) atoms. The van der Waals surface area contributed by atoms with Crippen molar-refractivity contribution in [1.29, 1.82) is 0 Å². The smallest absolute Gasteiger partial charge is 0.220 e. The average Bonchev–Trinajstić information content (AvgIpc) is 3.19. The fourth-order valence-corrected chi connectivity index (χ4v) is 5.09. The quantitative estimate of drug-likeness (QED) is 0.134. The summed E-state index contributed by atoms with van der Waals surface area (Å²) >= 11 is 14.0. The zero-order valence-electron chi connectivity index (χ0n) is 19.0. The molecule has 1 heterocycles. The first-order valence-electron chi connectivity index (χ1n) is 10.7. The summed E-state index contributed by atoms with van der Waals surface area (Å²) in [7, 11) is 0. The largest absolute Gasteiger partial charge is 0.487 e. The van der Waals surface area contributed by atoms with Gasteiger partial charge in [-0.3, -0.25) is 14.7 Å². The highest BCUT2D eigenvalue weighted by atomic mass is 35.5. The Morgan fingerprint density at radius 2 is 1.77 bits per heavy atom. The molecule has 1 atom stereocenters. The highest BCUT2D eigenvalue weighted by molar-refractivity contribution is 7.99. The van der Waals surface area contributed by atoms with Crippen molar-refractivity contribution in [3.05, 3.63) is 109 Å². The van der Waals surface area contributed by atoms with Gasteiger partial charge in [-0.1, -0.05) is 76.9 Å². The van der Waals surface area contributed by atoms with Crippen molar-refractivity contribution in [3.63, 3.8) is 0 Å². The molecule has 0 fully saturated rings. The fraction of sp³-hybridized carbons (Fsp3) is 0.200. The molecule has 10 heteroatoms. The average molecular weight is 529 g/mol. The van der Waals surface area contributed by atoms with E-state index in [-0.39, 0.29) is 18.1 Å². The van der Waals surface area contributed by atoms with Crippen molar-refractivity contribution < 1.29 is 9.66 Å². The molecule has 0 aliphatic rings. The van der Waals surface area contributed by atoms with Crippen molar-refractivity contribution in [1.82, 2.24) is 14.8 Å². The molecule has 0 saturated heterocycles. The first-order chi connectivity index (χ1) is 16.8. The maximum Gasteiger partial charge on any atom is 0.220 e. The van der Waals surface area contributed by atoms with Crippen LogP contribution < -0.4 is 4.74 Å². The number of halogens is 2. The Kier molecular flexibility index (Phi) is 7.95. The van der Waals surface area contributed by atoms with Crippen molar-refractivity contribution in [2.24, 2.45) is 0 Å². The molecule has 3 aromatic carbocycles. The Morgan fingerprint density at radius 1 is 1.03 bits per heavy atom. The SMILES string of the molecule is Cc1ccc(-n2c(C)nnc2S[C@@H](C[N+](=O)[O-])c2ccc(OCc3ccccc3Cl)c(Cl)c2)cc1. The summed E-state index contributed by atoms with van der Waals surface area (Å²) in [6.07, 6.45) is 0. The van der Waals surface area contributed by atoms with Crippen LogP contribution in [0.1, 0.15) is 27.8 Å². The zero-order valence-corrected chi connectivity index (χ0v) is 21.3. The topological polar surface area (TPSA) is 83.1 Å². The van der Waals surface area contributed by atoms with Crippen LogP contribution in [0.2, 0.25) is 10.0 Å². The number of aromatic nitrogens is 3. The molecule has 1 aromatic heterocycles. The molecule has 0 bridgehead atoms. The van der Waals surface area contributed by atoms with Gasteiger partial charge in [-0.2, -0.15) is 0 Å². The van der Waals surface area contributed by atoms with Gasteiger partial charge < -0.3 is 4.74 Å². The lowest BCUT2D eigenvalue weighted by Gasteiger charge is -2.16. The lowest BCUT2D eigenvalue weighted by atomic mass is 10.1. The molecule has 0 amide bonds. The minimum atomic E-state index is -0.534. The molecule has 4 rings (SSSR count). The lowest BCUT2D eigenvalue weighted by Crippen LogP contribution is -2.11. The Labute approximate surface area is 217 Å². The number of nitro groups is 1. The zero-order chi connectivity index (χ0) is 24.9. The van der Waals surface area contributed by atoms with Crippen LogP contribution in [-0.2, 0) is 6.61 Å². The van der Waals surface area contributed by atoms with E-state index in [9.17, 15) is 10.1 Å². The molecular formula is C25H22Cl2N4O3S. The van der Waals surface area contributed by atoms with E-state index in [1.54, 1.807) is 24.3 Å². The van der Waals surface area contributed by atoms with Crippen LogP contribution in [0.3, 0.4) is 0 Å². The minimum absolute atomic E-state index is 0.255. The maximum absolute atomic E-state index is 11.5. The van der Waals surface area contributed by atoms with Gasteiger partial charge in [0.15, 0.2) is 5.16 Å². The van der Waals surface area contributed by atoms with Crippen LogP contribution in [0.25, 0.3) is 5.69 Å². The van der Waals surface area contributed by atoms with Gasteiger partial charge in [0.1, 0.15) is 23.4 Å². The van der Waals surface area contributed by atoms with Gasteiger partial charge >= 0.3 is 0 Å². The number of nitrogens with zero attached hydrogens (tertiary/aromatic N) is 4. The fourth-order valence-electron chi connectivity index (χ4n) is 3.49. The summed E-state index contributed by atoms with van der Waals surface area (Å²) < 4.78 is 7.73. The van der Waals surface area contributed by atoms with Crippen LogP contribution in [0.5, 0.6) is 5.75 Å². The Balaban J connectivity index is 1.58. The molecule has 0 unspecified atom stereocenters. The predicted octanol–water partition coefficient (Wildman–Crippen LogP) is 6.88. The van der Waals surface area contributed by atoms with Gasteiger partial charge in [-0.25, -0.2) is 0 Å². The number of rotatable bonds is 9. The molecule has 0 saturated carbocycles. The third-order valence-corrected chi connectivity index (χ3v) is 7.16. The van der Waals surface area contributed by atoms with Crippen molar-refractivity contribution in [2.45, 2.75) is 30.9 Å². The Hall–Kier alpha value is -3.07. The lowest BCUT2D eigenvalue weighted by molar-refractivity contribution is -0.479. The Bertz CT molecular complexity index is 1350. The number of thioether (sulfide) groups is 1. The molecule has 0 radical (unpaired) electrons. The van der Waals surface area contributed by atoms with Crippen LogP contribution in [0.4, 0.5) is 0 Å². The minimum Gasteiger partial charge on any atom is -0.487 e. The predicted molar refractivity (Wildman–Crippen MR) is 139 cm³/mol. The summed E-state index contributed by atoms with van der Waals surface area (Å²) in [5.74, 6) is 1.16. The normalized spacial score (nSPS) is 11.9. The first-order valence-corrected chi connectivity index (χ1v) is 12.4. The second kappa shape index (κ2) is 11.1. The maximum atomic E-state index is 11.5. The number of ether oxygens (including phenoxy) is 1. The van der Waals surface area contributed by atoms with E-state index in [1.807, 2.05) is 60.9 Å². The van der Waals surface area contributed by atoms with E-state index in [0.717, 1.165) is 16.8 Å². The summed E-state index contributed by atoms with van der Waals surface area (Å²) in [5, 5.41) is 21.0. The van der Waals surface area contributed by atoms with Crippen molar-refractivity contribution >= 4 is 35.0 Å². The van der Waals surface area contributed by atoms with Gasteiger partial charge in [0.2, 0.25) is 6.54 Å². The van der Waals surface area contributed by atoms with Gasteiger partial charge in [0, 0.05) is 21.2 Å².